The van der Waals surface area contributed by atoms with Crippen molar-refractivity contribution in [3.8, 4) is 0 Å². The minimum atomic E-state index is 0.617. The summed E-state index contributed by atoms with van der Waals surface area (Å²) in [4.78, 5) is 7.26. The van der Waals surface area contributed by atoms with Gasteiger partial charge in [-0.15, -0.1) is 0 Å². The van der Waals surface area contributed by atoms with Crippen molar-refractivity contribution in [2.75, 3.05) is 18.0 Å². The molecule has 0 spiro atoms. The number of aryl methyl sites for hydroxylation is 2. The molecule has 0 aromatic carbocycles. The highest BCUT2D eigenvalue weighted by Crippen LogP contribution is 2.28. The van der Waals surface area contributed by atoms with Crippen LogP contribution in [-0.2, 0) is 19.4 Å². The number of hydrogen-bond donors (Lipinski definition) is 1. The summed E-state index contributed by atoms with van der Waals surface area (Å²) in [5.74, 6) is 1.17. The van der Waals surface area contributed by atoms with E-state index in [9.17, 15) is 0 Å². The fourth-order valence-electron chi connectivity index (χ4n) is 2.86. The summed E-state index contributed by atoms with van der Waals surface area (Å²) in [7, 11) is 0. The lowest BCUT2D eigenvalue weighted by Crippen LogP contribution is -2.22. The minimum absolute atomic E-state index is 0.617. The Labute approximate surface area is 96.7 Å². The van der Waals surface area contributed by atoms with Crippen LogP contribution in [0.3, 0.4) is 0 Å². The van der Waals surface area contributed by atoms with E-state index in [1.807, 2.05) is 0 Å². The Morgan fingerprint density at radius 3 is 2.75 bits per heavy atom. The topological polar surface area (TPSA) is 42.1 Å². The Balaban J connectivity index is 2.01. The summed E-state index contributed by atoms with van der Waals surface area (Å²) in [5.41, 5.74) is 9.84. The van der Waals surface area contributed by atoms with Gasteiger partial charge in [0.1, 0.15) is 5.82 Å². The monoisotopic (exact) mass is 217 g/mol. The Kier molecular flexibility index (Phi) is 2.56. The third-order valence-electron chi connectivity index (χ3n) is 3.73. The molecule has 3 rings (SSSR count). The maximum absolute atomic E-state index is 5.85. The van der Waals surface area contributed by atoms with E-state index in [0.29, 0.717) is 6.54 Å². The van der Waals surface area contributed by atoms with Gasteiger partial charge in [-0.2, -0.15) is 0 Å². The Morgan fingerprint density at radius 1 is 1.19 bits per heavy atom. The average Bonchev–Trinajstić information content (AvgIpc) is 2.97. The van der Waals surface area contributed by atoms with Crippen LogP contribution in [0, 0.1) is 0 Å². The second-order valence-electron chi connectivity index (χ2n) is 4.83. The number of hydrogen-bond acceptors (Lipinski definition) is 3. The quantitative estimate of drug-likeness (QED) is 0.818. The Bertz CT molecular complexity index is 394. The van der Waals surface area contributed by atoms with Gasteiger partial charge >= 0.3 is 0 Å². The first-order chi connectivity index (χ1) is 7.88. The molecule has 1 fully saturated rings. The van der Waals surface area contributed by atoms with E-state index in [1.165, 1.54) is 48.3 Å². The molecule has 1 aliphatic carbocycles. The number of anilines is 1. The molecule has 0 bridgehead atoms. The van der Waals surface area contributed by atoms with Crippen molar-refractivity contribution in [2.45, 2.75) is 38.6 Å². The van der Waals surface area contributed by atoms with E-state index in [-0.39, 0.29) is 0 Å². The lowest BCUT2D eigenvalue weighted by molar-refractivity contribution is 0.878. The number of nitrogens with two attached hydrogens (primary N) is 1. The summed E-state index contributed by atoms with van der Waals surface area (Å²) in [6.45, 7) is 2.92. The first-order valence-electron chi connectivity index (χ1n) is 6.35. The summed E-state index contributed by atoms with van der Waals surface area (Å²) in [6.07, 6.45) is 6.19. The molecule has 1 saturated heterocycles. The van der Waals surface area contributed by atoms with Crippen LogP contribution < -0.4 is 10.6 Å². The fraction of sp³-hybridized carbons (Fsp3) is 0.615. The standard InChI is InChI=1S/C13H19N3/c14-9-11-8-10-4-3-5-12(10)15-13(11)16-6-1-2-7-16/h8H,1-7,9,14H2. The molecule has 3 heteroatoms. The normalized spacial score (nSPS) is 19.2. The maximum atomic E-state index is 5.85. The van der Waals surface area contributed by atoms with Crippen molar-refractivity contribution < 1.29 is 0 Å². The predicted molar refractivity (Wildman–Crippen MR) is 65.6 cm³/mol. The zero-order valence-electron chi connectivity index (χ0n) is 9.71. The molecule has 2 N–H and O–H groups in total. The van der Waals surface area contributed by atoms with Gasteiger partial charge in [0.15, 0.2) is 0 Å². The van der Waals surface area contributed by atoms with Gasteiger partial charge in [0.05, 0.1) is 0 Å². The van der Waals surface area contributed by atoms with Crippen LogP contribution >= 0.6 is 0 Å². The third-order valence-corrected chi connectivity index (χ3v) is 3.73. The summed E-state index contributed by atoms with van der Waals surface area (Å²) >= 11 is 0. The van der Waals surface area contributed by atoms with Crippen LogP contribution in [0.4, 0.5) is 5.82 Å². The molecule has 2 aliphatic rings. The van der Waals surface area contributed by atoms with Crippen molar-refractivity contribution in [1.82, 2.24) is 4.98 Å². The van der Waals surface area contributed by atoms with Crippen molar-refractivity contribution in [1.29, 1.82) is 0 Å². The summed E-state index contributed by atoms with van der Waals surface area (Å²) < 4.78 is 0. The van der Waals surface area contributed by atoms with Gasteiger partial charge in [-0.1, -0.05) is 0 Å². The second-order valence-corrected chi connectivity index (χ2v) is 4.83. The zero-order valence-corrected chi connectivity index (χ0v) is 9.71. The highest BCUT2D eigenvalue weighted by atomic mass is 15.2. The SMILES string of the molecule is NCc1cc2c(nc1N1CCCC1)CCC2. The fourth-order valence-corrected chi connectivity index (χ4v) is 2.86. The highest BCUT2D eigenvalue weighted by molar-refractivity contribution is 5.51. The van der Waals surface area contributed by atoms with Crippen LogP contribution in [0.1, 0.15) is 36.1 Å². The van der Waals surface area contributed by atoms with E-state index < -0.39 is 0 Å². The third kappa shape index (κ3) is 1.59. The van der Waals surface area contributed by atoms with Gasteiger partial charge in [-0.05, 0) is 43.7 Å². The van der Waals surface area contributed by atoms with E-state index in [0.717, 1.165) is 19.5 Å². The van der Waals surface area contributed by atoms with Gasteiger partial charge in [0.25, 0.3) is 0 Å². The maximum Gasteiger partial charge on any atom is 0.133 e. The first kappa shape index (κ1) is 10.1. The summed E-state index contributed by atoms with van der Waals surface area (Å²) in [6, 6.07) is 2.29. The van der Waals surface area contributed by atoms with Crippen LogP contribution in [0.25, 0.3) is 0 Å². The van der Waals surface area contributed by atoms with Crippen molar-refractivity contribution >= 4 is 5.82 Å². The number of aromatic nitrogens is 1. The molecule has 0 radical (unpaired) electrons. The highest BCUT2D eigenvalue weighted by Gasteiger charge is 2.21. The molecule has 0 saturated carbocycles. The zero-order chi connectivity index (χ0) is 11.0. The lowest BCUT2D eigenvalue weighted by Gasteiger charge is -2.20. The van der Waals surface area contributed by atoms with Crippen LogP contribution in [0.2, 0.25) is 0 Å². The number of nitrogens with zero attached hydrogens (tertiary/aromatic N) is 2. The minimum Gasteiger partial charge on any atom is -0.356 e. The van der Waals surface area contributed by atoms with Crippen LogP contribution in [0.5, 0.6) is 0 Å². The van der Waals surface area contributed by atoms with E-state index in [4.69, 9.17) is 10.7 Å². The van der Waals surface area contributed by atoms with Gasteiger partial charge < -0.3 is 10.6 Å². The lowest BCUT2D eigenvalue weighted by atomic mass is 10.1. The molecule has 1 aliphatic heterocycles. The predicted octanol–water partition coefficient (Wildman–Crippen LogP) is 1.63. The molecular formula is C13H19N3. The number of fused-ring (bicyclic) bond motifs is 1. The molecule has 1 aromatic rings. The largest absolute Gasteiger partial charge is 0.356 e. The molecule has 1 aromatic heterocycles. The van der Waals surface area contributed by atoms with Crippen molar-refractivity contribution in [3.05, 3.63) is 22.9 Å². The molecule has 86 valence electrons. The molecule has 0 atom stereocenters. The van der Waals surface area contributed by atoms with E-state index in [1.54, 1.807) is 0 Å². The second kappa shape index (κ2) is 4.06. The van der Waals surface area contributed by atoms with Crippen LogP contribution in [-0.4, -0.2) is 18.1 Å². The van der Waals surface area contributed by atoms with Crippen molar-refractivity contribution in [2.24, 2.45) is 5.73 Å². The van der Waals surface area contributed by atoms with E-state index >= 15 is 0 Å². The molecular weight excluding hydrogens is 198 g/mol. The molecule has 0 unspecified atom stereocenters. The number of rotatable bonds is 2. The number of pyridine rings is 1. The van der Waals surface area contributed by atoms with Gasteiger partial charge in [-0.3, -0.25) is 0 Å². The first-order valence-corrected chi connectivity index (χ1v) is 6.35. The molecule has 16 heavy (non-hydrogen) atoms. The van der Waals surface area contributed by atoms with Gasteiger partial charge in [0, 0.05) is 30.9 Å². The van der Waals surface area contributed by atoms with E-state index in [2.05, 4.69) is 11.0 Å². The molecule has 0 amide bonds. The van der Waals surface area contributed by atoms with Gasteiger partial charge in [-0.25, -0.2) is 4.98 Å². The Hall–Kier alpha value is -1.09. The average molecular weight is 217 g/mol. The van der Waals surface area contributed by atoms with Crippen molar-refractivity contribution in [3.63, 3.8) is 0 Å². The smallest absolute Gasteiger partial charge is 0.133 e. The Morgan fingerprint density at radius 2 is 2.00 bits per heavy atom. The molecule has 2 heterocycles. The van der Waals surface area contributed by atoms with Gasteiger partial charge in [0.2, 0.25) is 0 Å². The molecule has 3 nitrogen and oxygen atoms in total. The van der Waals surface area contributed by atoms with Crippen LogP contribution in [0.15, 0.2) is 6.07 Å². The summed E-state index contributed by atoms with van der Waals surface area (Å²) in [5, 5.41) is 0.